The lowest BCUT2D eigenvalue weighted by Gasteiger charge is -2.21. The van der Waals surface area contributed by atoms with Gasteiger partial charge in [0, 0.05) is 0 Å². The van der Waals surface area contributed by atoms with Crippen LogP contribution in [0.5, 0.6) is 0 Å². The molecule has 0 saturated carbocycles. The highest BCUT2D eigenvalue weighted by Crippen LogP contribution is 2.36. The molecule has 1 unspecified atom stereocenters. The second-order valence-electron chi connectivity index (χ2n) is 7.40. The molecule has 30 heavy (non-hydrogen) atoms. The number of amides is 1. The number of carboxylic acids is 1. The summed E-state index contributed by atoms with van der Waals surface area (Å²) in [5, 5.41) is 15.0. The van der Waals surface area contributed by atoms with Gasteiger partial charge in [0.15, 0.2) is 0 Å². The van der Waals surface area contributed by atoms with Crippen molar-refractivity contribution in [2.24, 2.45) is 0 Å². The number of hydrogen-bond acceptors (Lipinski definition) is 7. The molecule has 0 aromatic carbocycles. The van der Waals surface area contributed by atoms with Gasteiger partial charge >= 0.3 is 11.9 Å². The summed E-state index contributed by atoms with van der Waals surface area (Å²) in [4.78, 5) is 38.7. The van der Waals surface area contributed by atoms with Crippen molar-refractivity contribution >= 4 is 29.6 Å². The van der Waals surface area contributed by atoms with Gasteiger partial charge in [0.05, 0.1) is 24.5 Å². The average molecular weight is 442 g/mol. The van der Waals surface area contributed by atoms with E-state index in [0.29, 0.717) is 24.6 Å². The summed E-state index contributed by atoms with van der Waals surface area (Å²) in [5.74, 6) is -1.44. The van der Waals surface area contributed by atoms with Crippen molar-refractivity contribution in [1.82, 2.24) is 15.5 Å². The Kier molecular flexibility index (Phi) is 12.4. The minimum absolute atomic E-state index is 0.126. The van der Waals surface area contributed by atoms with Gasteiger partial charge in [-0.2, -0.15) is 0 Å². The Hall–Kier alpha value is -1.84. The lowest BCUT2D eigenvalue weighted by Crippen LogP contribution is -2.42. The first kappa shape index (κ1) is 26.2. The minimum Gasteiger partial charge on any atom is -0.480 e. The fraction of sp³-hybridized carbons (Fsp3) is 0.667. The van der Waals surface area contributed by atoms with Crippen molar-refractivity contribution in [3.63, 3.8) is 0 Å². The van der Waals surface area contributed by atoms with Gasteiger partial charge in [-0.1, -0.05) is 6.58 Å². The summed E-state index contributed by atoms with van der Waals surface area (Å²) >= 11 is 1.46. The Bertz CT molecular complexity index is 649. The zero-order valence-corrected chi connectivity index (χ0v) is 19.1. The van der Waals surface area contributed by atoms with Gasteiger partial charge in [-0.15, -0.1) is 11.8 Å². The van der Waals surface area contributed by atoms with Crippen LogP contribution in [-0.4, -0.2) is 73.6 Å². The number of aliphatic carboxylic acids is 1. The lowest BCUT2D eigenvalue weighted by molar-refractivity contribution is -0.141. The predicted molar refractivity (Wildman–Crippen MR) is 119 cm³/mol. The van der Waals surface area contributed by atoms with Gasteiger partial charge in [-0.25, -0.2) is 4.79 Å². The highest BCUT2D eigenvalue weighted by Gasteiger charge is 2.22. The number of ether oxygens (including phenoxy) is 1. The number of nitrogens with zero attached hydrogens (tertiary/aromatic N) is 1. The van der Waals surface area contributed by atoms with Crippen molar-refractivity contribution in [3.8, 4) is 0 Å². The van der Waals surface area contributed by atoms with Crippen LogP contribution in [0.3, 0.4) is 0 Å². The summed E-state index contributed by atoms with van der Waals surface area (Å²) in [5.41, 5.74) is 1.29. The van der Waals surface area contributed by atoms with E-state index in [1.807, 2.05) is 19.0 Å². The molecule has 1 rings (SSSR count). The summed E-state index contributed by atoms with van der Waals surface area (Å²) in [6.45, 7) is 7.32. The van der Waals surface area contributed by atoms with Gasteiger partial charge in [0.25, 0.3) is 0 Å². The van der Waals surface area contributed by atoms with Crippen LogP contribution in [-0.2, 0) is 19.1 Å². The van der Waals surface area contributed by atoms with E-state index in [0.717, 1.165) is 49.1 Å². The third-order valence-corrected chi connectivity index (χ3v) is 5.77. The fourth-order valence-corrected chi connectivity index (χ4v) is 4.17. The summed E-state index contributed by atoms with van der Waals surface area (Å²) in [7, 11) is 3.91. The topological polar surface area (TPSA) is 108 Å². The normalized spacial score (nSPS) is 15.1. The van der Waals surface area contributed by atoms with Crippen LogP contribution in [0.15, 0.2) is 22.6 Å². The van der Waals surface area contributed by atoms with Crippen molar-refractivity contribution in [2.75, 3.05) is 39.7 Å². The van der Waals surface area contributed by atoms with Crippen LogP contribution in [0.4, 0.5) is 0 Å². The maximum atomic E-state index is 12.2. The average Bonchev–Trinajstić information content (AvgIpc) is 2.70. The first-order valence-corrected chi connectivity index (χ1v) is 11.3. The molecule has 3 N–H and O–H groups in total. The summed E-state index contributed by atoms with van der Waals surface area (Å²) < 4.78 is 5.05. The van der Waals surface area contributed by atoms with Crippen LogP contribution >= 0.6 is 11.8 Å². The number of hydrogen-bond donors (Lipinski definition) is 3. The monoisotopic (exact) mass is 441 g/mol. The SMILES string of the molecule is C=C(C(=O)OCC)C1=C(SCNC(=O)CC(NCCCN(C)C)C(=O)O)CCCC1. The van der Waals surface area contributed by atoms with E-state index < -0.39 is 18.0 Å². The van der Waals surface area contributed by atoms with Crippen LogP contribution in [0, 0.1) is 0 Å². The molecule has 0 saturated heterocycles. The third-order valence-electron chi connectivity index (χ3n) is 4.68. The zero-order chi connectivity index (χ0) is 22.5. The van der Waals surface area contributed by atoms with Crippen LogP contribution in [0.2, 0.25) is 0 Å². The first-order valence-electron chi connectivity index (χ1n) is 10.3. The molecular formula is C21H35N3O5S. The second-order valence-corrected chi connectivity index (χ2v) is 8.47. The first-order chi connectivity index (χ1) is 14.3. The number of nitrogens with one attached hydrogen (secondary N) is 2. The van der Waals surface area contributed by atoms with E-state index in [9.17, 15) is 19.5 Å². The highest BCUT2D eigenvalue weighted by atomic mass is 32.2. The quantitative estimate of drug-likeness (QED) is 0.163. The van der Waals surface area contributed by atoms with E-state index in [2.05, 4.69) is 17.2 Å². The molecule has 1 amide bonds. The molecule has 0 radical (unpaired) electrons. The molecule has 0 heterocycles. The Balaban J connectivity index is 2.52. The number of thioether (sulfide) groups is 1. The molecule has 0 bridgehead atoms. The highest BCUT2D eigenvalue weighted by molar-refractivity contribution is 8.03. The molecule has 9 heteroatoms. The molecule has 0 aromatic heterocycles. The maximum absolute atomic E-state index is 12.2. The molecule has 1 aliphatic rings. The smallest absolute Gasteiger partial charge is 0.337 e. The predicted octanol–water partition coefficient (Wildman–Crippen LogP) is 2.13. The van der Waals surface area contributed by atoms with Crippen molar-refractivity contribution in [1.29, 1.82) is 0 Å². The van der Waals surface area contributed by atoms with Crippen molar-refractivity contribution in [3.05, 3.63) is 22.6 Å². The molecule has 0 aromatic rings. The Labute approximate surface area is 183 Å². The maximum Gasteiger partial charge on any atom is 0.337 e. The van der Waals surface area contributed by atoms with Crippen LogP contribution in [0.25, 0.3) is 0 Å². The van der Waals surface area contributed by atoms with Gasteiger partial charge in [0.2, 0.25) is 5.91 Å². The molecule has 1 atom stereocenters. The third kappa shape index (κ3) is 9.77. The van der Waals surface area contributed by atoms with E-state index in [4.69, 9.17) is 4.74 Å². The number of rotatable bonds is 14. The van der Waals surface area contributed by atoms with Gasteiger partial charge in [-0.05, 0) is 76.7 Å². The number of allylic oxidation sites excluding steroid dienone is 1. The Morgan fingerprint density at radius 2 is 1.97 bits per heavy atom. The molecule has 1 aliphatic carbocycles. The van der Waals surface area contributed by atoms with Gasteiger partial charge < -0.3 is 25.4 Å². The molecule has 0 spiro atoms. The largest absolute Gasteiger partial charge is 0.480 e. The van der Waals surface area contributed by atoms with E-state index in [-0.39, 0.29) is 12.3 Å². The van der Waals surface area contributed by atoms with E-state index >= 15 is 0 Å². The fourth-order valence-electron chi connectivity index (χ4n) is 3.08. The molecule has 170 valence electrons. The summed E-state index contributed by atoms with van der Waals surface area (Å²) in [6.07, 6.45) is 4.29. The van der Waals surface area contributed by atoms with Crippen molar-refractivity contribution < 1.29 is 24.2 Å². The number of esters is 1. The van der Waals surface area contributed by atoms with Gasteiger partial charge in [0.1, 0.15) is 6.04 Å². The molecule has 0 fully saturated rings. The molecule has 8 nitrogen and oxygen atoms in total. The Morgan fingerprint density at radius 1 is 1.27 bits per heavy atom. The van der Waals surface area contributed by atoms with Gasteiger partial charge in [-0.3, -0.25) is 9.59 Å². The summed E-state index contributed by atoms with van der Waals surface area (Å²) in [6, 6.07) is -0.912. The molecule has 0 aliphatic heterocycles. The van der Waals surface area contributed by atoms with E-state index in [1.54, 1.807) is 6.92 Å². The van der Waals surface area contributed by atoms with E-state index in [1.165, 1.54) is 11.8 Å². The lowest BCUT2D eigenvalue weighted by atomic mass is 9.94. The number of carbonyl (C=O) groups is 3. The minimum atomic E-state index is -1.04. The molecular weight excluding hydrogens is 406 g/mol. The zero-order valence-electron chi connectivity index (χ0n) is 18.3. The standard InChI is InChI=1S/C21H35N3O5S/c1-5-29-21(28)15(2)16-9-6-7-10-18(16)30-14-23-19(25)13-17(20(26)27)22-11-8-12-24(3)4/h17,22H,2,5-14H2,1,3-4H3,(H,23,25)(H,26,27). The number of carboxylic acid groups (broad SMARTS) is 1. The van der Waals surface area contributed by atoms with Crippen LogP contribution in [0.1, 0.15) is 45.4 Å². The number of carbonyl (C=O) groups excluding carboxylic acids is 2. The second kappa shape index (κ2) is 14.2. The Morgan fingerprint density at radius 3 is 2.60 bits per heavy atom. The van der Waals surface area contributed by atoms with Crippen LogP contribution < -0.4 is 10.6 Å². The van der Waals surface area contributed by atoms with Crippen molar-refractivity contribution in [2.45, 2.75) is 51.5 Å².